The van der Waals surface area contributed by atoms with Crippen molar-refractivity contribution in [2.24, 2.45) is 0 Å². The first-order valence-electron chi connectivity index (χ1n) is 7.09. The average Bonchev–Trinajstić information content (AvgIpc) is 2.54. The molecule has 0 aliphatic carbocycles. The number of benzene rings is 1. The van der Waals surface area contributed by atoms with E-state index in [-0.39, 0.29) is 11.6 Å². The van der Waals surface area contributed by atoms with E-state index in [9.17, 15) is 4.39 Å². The van der Waals surface area contributed by atoms with Gasteiger partial charge in [0.2, 0.25) is 0 Å². The first-order chi connectivity index (χ1) is 10.7. The maximum absolute atomic E-state index is 13.7. The molecule has 2 aromatic rings. The molecule has 1 aromatic heterocycles. The molecule has 0 saturated carbocycles. The molecule has 2 heterocycles. The summed E-state index contributed by atoms with van der Waals surface area (Å²) in [5, 5.41) is 9.82. The monoisotopic (exact) mass is 322 g/mol. The third-order valence-electron chi connectivity index (χ3n) is 3.59. The van der Waals surface area contributed by atoms with E-state index in [0.717, 1.165) is 24.2 Å². The van der Waals surface area contributed by atoms with Crippen LogP contribution in [-0.2, 0) is 4.74 Å². The summed E-state index contributed by atoms with van der Waals surface area (Å²) in [6, 6.07) is 4.88. The Kier molecular flexibility index (Phi) is 4.57. The van der Waals surface area contributed by atoms with Crippen LogP contribution in [0.25, 0.3) is 17.0 Å². The van der Waals surface area contributed by atoms with Crippen molar-refractivity contribution in [2.75, 3.05) is 37.8 Å². The topological polar surface area (TPSA) is 45.6 Å². The van der Waals surface area contributed by atoms with Crippen LogP contribution < -0.4 is 4.90 Å². The SMILES string of the molecule is OC/C=C/c1cc(N2CCOCC2)c2cc(Cl)c(F)cc2n1. The number of aromatic nitrogens is 1. The molecule has 1 N–H and O–H groups in total. The van der Waals surface area contributed by atoms with Crippen molar-refractivity contribution in [3.63, 3.8) is 0 Å². The van der Waals surface area contributed by atoms with Gasteiger partial charge in [0, 0.05) is 30.2 Å². The second-order valence-electron chi connectivity index (χ2n) is 5.03. The number of rotatable bonds is 3. The molecule has 1 fully saturated rings. The van der Waals surface area contributed by atoms with Gasteiger partial charge < -0.3 is 14.7 Å². The molecular formula is C16H16ClFN2O2. The number of halogens is 2. The Hall–Kier alpha value is -1.69. The van der Waals surface area contributed by atoms with Crippen molar-refractivity contribution in [2.45, 2.75) is 0 Å². The smallest absolute Gasteiger partial charge is 0.143 e. The van der Waals surface area contributed by atoms with Gasteiger partial charge in [0.25, 0.3) is 0 Å². The summed E-state index contributed by atoms with van der Waals surface area (Å²) in [7, 11) is 0. The van der Waals surface area contributed by atoms with Gasteiger partial charge in [0.1, 0.15) is 5.82 Å². The lowest BCUT2D eigenvalue weighted by Crippen LogP contribution is -2.36. The number of ether oxygens (including phenoxy) is 1. The van der Waals surface area contributed by atoms with Crippen LogP contribution in [0.2, 0.25) is 5.02 Å². The standard InChI is InChI=1S/C16H16ClFN2O2/c17-13-9-12-15(10-14(13)18)19-11(2-1-5-21)8-16(12)20-3-6-22-7-4-20/h1-2,8-10,21H,3-7H2/b2-1+. The summed E-state index contributed by atoms with van der Waals surface area (Å²) in [6.45, 7) is 2.76. The molecule has 1 aromatic carbocycles. The molecule has 1 saturated heterocycles. The third kappa shape index (κ3) is 3.06. The Morgan fingerprint density at radius 2 is 2.09 bits per heavy atom. The Morgan fingerprint density at radius 1 is 1.32 bits per heavy atom. The summed E-state index contributed by atoms with van der Waals surface area (Å²) >= 11 is 5.93. The predicted octanol–water partition coefficient (Wildman–Crippen LogP) is 2.87. The Bertz CT molecular complexity index is 715. The van der Waals surface area contributed by atoms with Crippen molar-refractivity contribution >= 4 is 34.3 Å². The molecule has 0 unspecified atom stereocenters. The van der Waals surface area contributed by atoms with Crippen molar-refractivity contribution < 1.29 is 14.2 Å². The molecule has 0 amide bonds. The van der Waals surface area contributed by atoms with Crippen molar-refractivity contribution in [1.82, 2.24) is 4.98 Å². The van der Waals surface area contributed by atoms with E-state index >= 15 is 0 Å². The Balaban J connectivity index is 2.16. The molecule has 0 radical (unpaired) electrons. The van der Waals surface area contributed by atoms with Crippen LogP contribution in [0.4, 0.5) is 10.1 Å². The van der Waals surface area contributed by atoms with Crippen LogP contribution in [0.5, 0.6) is 0 Å². The van der Waals surface area contributed by atoms with E-state index in [0.29, 0.717) is 24.4 Å². The third-order valence-corrected chi connectivity index (χ3v) is 3.88. The van der Waals surface area contributed by atoms with Gasteiger partial charge in [0.05, 0.1) is 36.1 Å². The second-order valence-corrected chi connectivity index (χ2v) is 5.44. The highest BCUT2D eigenvalue weighted by Crippen LogP contribution is 2.31. The molecule has 0 atom stereocenters. The summed E-state index contributed by atoms with van der Waals surface area (Å²) in [6.07, 6.45) is 3.32. The zero-order valence-corrected chi connectivity index (χ0v) is 12.7. The molecule has 0 bridgehead atoms. The van der Waals surface area contributed by atoms with E-state index in [4.69, 9.17) is 21.4 Å². The van der Waals surface area contributed by atoms with E-state index in [2.05, 4.69) is 9.88 Å². The van der Waals surface area contributed by atoms with Crippen molar-refractivity contribution in [3.05, 3.63) is 40.8 Å². The quantitative estimate of drug-likeness (QED) is 0.944. The molecule has 1 aliphatic rings. The predicted molar refractivity (Wildman–Crippen MR) is 85.9 cm³/mol. The first kappa shape index (κ1) is 15.2. The summed E-state index contributed by atoms with van der Waals surface area (Å²) in [5.74, 6) is -0.488. The normalized spacial score (nSPS) is 15.9. The van der Waals surface area contributed by atoms with Gasteiger partial charge in [-0.25, -0.2) is 9.37 Å². The van der Waals surface area contributed by atoms with E-state index in [1.54, 1.807) is 18.2 Å². The lowest BCUT2D eigenvalue weighted by molar-refractivity contribution is 0.123. The lowest BCUT2D eigenvalue weighted by Gasteiger charge is -2.30. The number of hydrogen-bond donors (Lipinski definition) is 1. The molecule has 4 nitrogen and oxygen atoms in total. The van der Waals surface area contributed by atoms with Gasteiger partial charge in [0.15, 0.2) is 0 Å². The fourth-order valence-electron chi connectivity index (χ4n) is 2.55. The largest absolute Gasteiger partial charge is 0.392 e. The van der Waals surface area contributed by atoms with Gasteiger partial charge in [-0.3, -0.25) is 0 Å². The first-order valence-corrected chi connectivity index (χ1v) is 7.47. The number of anilines is 1. The summed E-state index contributed by atoms with van der Waals surface area (Å²) in [5.41, 5.74) is 2.17. The number of morpholine rings is 1. The molecule has 6 heteroatoms. The number of nitrogens with zero attached hydrogens (tertiary/aromatic N) is 2. The zero-order valence-electron chi connectivity index (χ0n) is 11.9. The number of fused-ring (bicyclic) bond motifs is 1. The highest BCUT2D eigenvalue weighted by atomic mass is 35.5. The van der Waals surface area contributed by atoms with E-state index < -0.39 is 5.82 Å². The minimum atomic E-state index is -0.488. The van der Waals surface area contributed by atoms with Gasteiger partial charge in [-0.15, -0.1) is 0 Å². The van der Waals surface area contributed by atoms with Crippen LogP contribution >= 0.6 is 11.6 Å². The van der Waals surface area contributed by atoms with Crippen molar-refractivity contribution in [1.29, 1.82) is 0 Å². The maximum Gasteiger partial charge on any atom is 0.143 e. The van der Waals surface area contributed by atoms with Crippen LogP contribution in [-0.4, -0.2) is 43.0 Å². The Labute approximate surface area is 132 Å². The molecule has 0 spiro atoms. The molecule has 22 heavy (non-hydrogen) atoms. The summed E-state index contributed by atoms with van der Waals surface area (Å²) in [4.78, 5) is 6.59. The van der Waals surface area contributed by atoms with Crippen LogP contribution in [0.3, 0.4) is 0 Å². The van der Waals surface area contributed by atoms with Crippen molar-refractivity contribution in [3.8, 4) is 0 Å². The molecule has 1 aliphatic heterocycles. The average molecular weight is 323 g/mol. The molecule has 116 valence electrons. The highest BCUT2D eigenvalue weighted by Gasteiger charge is 2.16. The molecular weight excluding hydrogens is 307 g/mol. The Morgan fingerprint density at radius 3 is 2.82 bits per heavy atom. The highest BCUT2D eigenvalue weighted by molar-refractivity contribution is 6.31. The van der Waals surface area contributed by atoms with Gasteiger partial charge >= 0.3 is 0 Å². The van der Waals surface area contributed by atoms with E-state index in [1.807, 2.05) is 6.07 Å². The fourth-order valence-corrected chi connectivity index (χ4v) is 2.71. The zero-order chi connectivity index (χ0) is 15.5. The minimum absolute atomic E-state index is 0.0679. The summed E-state index contributed by atoms with van der Waals surface area (Å²) < 4.78 is 19.1. The van der Waals surface area contributed by atoms with E-state index in [1.165, 1.54) is 6.07 Å². The van der Waals surface area contributed by atoms with Crippen LogP contribution in [0.1, 0.15) is 5.69 Å². The molecule has 3 rings (SSSR count). The number of hydrogen-bond acceptors (Lipinski definition) is 4. The number of aliphatic hydroxyl groups is 1. The maximum atomic E-state index is 13.7. The number of pyridine rings is 1. The van der Waals surface area contributed by atoms with Gasteiger partial charge in [-0.05, 0) is 18.2 Å². The van der Waals surface area contributed by atoms with Crippen LogP contribution in [0.15, 0.2) is 24.3 Å². The van der Waals surface area contributed by atoms with Crippen LogP contribution in [0, 0.1) is 5.82 Å². The van der Waals surface area contributed by atoms with Gasteiger partial charge in [-0.2, -0.15) is 0 Å². The second kappa shape index (κ2) is 6.60. The number of aliphatic hydroxyl groups excluding tert-OH is 1. The lowest BCUT2D eigenvalue weighted by atomic mass is 10.1. The fraction of sp³-hybridized carbons (Fsp3) is 0.312. The van der Waals surface area contributed by atoms with Gasteiger partial charge in [-0.1, -0.05) is 17.7 Å². The minimum Gasteiger partial charge on any atom is -0.392 e.